The largest absolute Gasteiger partial charge is 0.481 e. The van der Waals surface area contributed by atoms with Crippen LogP contribution in [0, 0.1) is 11.8 Å². The van der Waals surface area contributed by atoms with Crippen molar-refractivity contribution >= 4 is 35.8 Å². The van der Waals surface area contributed by atoms with E-state index in [4.69, 9.17) is 20.4 Å². The van der Waals surface area contributed by atoms with Gasteiger partial charge in [-0.05, 0) is 11.8 Å². The molecule has 4 N–H and O–H groups in total. The van der Waals surface area contributed by atoms with Crippen molar-refractivity contribution in [3.05, 3.63) is 0 Å². The average Bonchev–Trinajstić information content (AvgIpc) is 2.33. The molecule has 0 aromatic heterocycles. The monoisotopic (exact) mass is 362 g/mol. The second-order valence-corrected chi connectivity index (χ2v) is 5.38. The smallest absolute Gasteiger partial charge is 0.313 e. The van der Waals surface area contributed by atoms with Crippen molar-refractivity contribution < 1.29 is 53.9 Å². The second-order valence-electron chi connectivity index (χ2n) is 5.38. The van der Waals surface area contributed by atoms with E-state index in [0.717, 1.165) is 0 Å². The summed E-state index contributed by atoms with van der Waals surface area (Å²) in [5, 5.41) is 34.6. The van der Waals surface area contributed by atoms with Crippen molar-refractivity contribution in [1.29, 1.82) is 0 Å². The third kappa shape index (κ3) is 12.1. The minimum Gasteiger partial charge on any atom is -0.481 e. The minimum absolute atomic E-state index is 0.615. The molecule has 0 aromatic carbocycles. The molecule has 0 fully saturated rings. The molecule has 140 valence electrons. The van der Waals surface area contributed by atoms with Crippen LogP contribution in [0.1, 0.15) is 38.5 Å². The molecule has 0 spiro atoms. The Hall–Kier alpha value is -2.98. The molecule has 0 atom stereocenters. The number of aliphatic carboxylic acids is 4. The molecule has 0 rings (SSSR count). The summed E-state index contributed by atoms with van der Waals surface area (Å²) in [6.07, 6.45) is -3.72. The van der Waals surface area contributed by atoms with E-state index in [0.29, 0.717) is 0 Å². The normalized spacial score (nSPS) is 10.5. The van der Waals surface area contributed by atoms with E-state index in [9.17, 15) is 28.8 Å². The fourth-order valence-electron chi connectivity index (χ4n) is 2.10. The Kier molecular flexibility index (Phi) is 9.45. The number of carbonyl (C=O) groups is 6. The van der Waals surface area contributed by atoms with Gasteiger partial charge >= 0.3 is 35.8 Å². The van der Waals surface area contributed by atoms with E-state index < -0.39 is 86.2 Å². The average molecular weight is 362 g/mol. The molecule has 0 bridgehead atoms. The van der Waals surface area contributed by atoms with Gasteiger partial charge in [0.2, 0.25) is 0 Å². The van der Waals surface area contributed by atoms with Crippen molar-refractivity contribution in [2.45, 2.75) is 38.5 Å². The van der Waals surface area contributed by atoms with Crippen molar-refractivity contribution in [3.8, 4) is 0 Å². The van der Waals surface area contributed by atoms with E-state index in [2.05, 4.69) is 4.74 Å². The maximum atomic E-state index is 11.6. The fourth-order valence-corrected chi connectivity index (χ4v) is 2.10. The molecule has 0 aliphatic rings. The quantitative estimate of drug-likeness (QED) is 0.269. The van der Waals surface area contributed by atoms with Crippen molar-refractivity contribution in [2.75, 3.05) is 0 Å². The van der Waals surface area contributed by atoms with E-state index in [1.807, 2.05) is 0 Å². The number of carboxylic acid groups (broad SMARTS) is 4. The van der Waals surface area contributed by atoms with Gasteiger partial charge < -0.3 is 25.2 Å². The number of ether oxygens (including phenoxy) is 1. The summed E-state index contributed by atoms with van der Waals surface area (Å²) in [4.78, 5) is 65.7. The van der Waals surface area contributed by atoms with Gasteiger partial charge in [0.25, 0.3) is 0 Å². The lowest BCUT2D eigenvalue weighted by atomic mass is 9.97. The van der Waals surface area contributed by atoms with Crippen LogP contribution in [0.15, 0.2) is 0 Å². The van der Waals surface area contributed by atoms with Crippen LogP contribution < -0.4 is 0 Å². The highest BCUT2D eigenvalue weighted by Crippen LogP contribution is 2.17. The van der Waals surface area contributed by atoms with Gasteiger partial charge in [0.15, 0.2) is 0 Å². The maximum Gasteiger partial charge on any atom is 0.313 e. The first kappa shape index (κ1) is 22.0. The zero-order chi connectivity index (χ0) is 19.6. The van der Waals surface area contributed by atoms with E-state index in [1.165, 1.54) is 0 Å². The predicted octanol–water partition coefficient (Wildman–Crippen LogP) is -0.0324. The number of hydrogen-bond acceptors (Lipinski definition) is 7. The molecular formula is C14H18O11. The summed E-state index contributed by atoms with van der Waals surface area (Å²) < 4.78 is 4.39. The Bertz CT molecular complexity index is 471. The molecule has 0 aliphatic heterocycles. The van der Waals surface area contributed by atoms with Gasteiger partial charge in [-0.2, -0.15) is 0 Å². The van der Waals surface area contributed by atoms with Crippen LogP contribution in [0.3, 0.4) is 0 Å². The van der Waals surface area contributed by atoms with E-state index >= 15 is 0 Å². The van der Waals surface area contributed by atoms with Gasteiger partial charge in [-0.15, -0.1) is 0 Å². The molecule has 0 amide bonds. The summed E-state index contributed by atoms with van der Waals surface area (Å²) in [5.74, 6) is -9.79. The number of hydrogen-bond donors (Lipinski definition) is 4. The van der Waals surface area contributed by atoms with Crippen LogP contribution in [-0.4, -0.2) is 56.2 Å². The summed E-state index contributed by atoms with van der Waals surface area (Å²) >= 11 is 0. The summed E-state index contributed by atoms with van der Waals surface area (Å²) in [6.45, 7) is 0. The number of carboxylic acids is 4. The number of esters is 2. The highest BCUT2D eigenvalue weighted by molar-refractivity contribution is 5.86. The van der Waals surface area contributed by atoms with Crippen LogP contribution in [0.5, 0.6) is 0 Å². The lowest BCUT2D eigenvalue weighted by Gasteiger charge is -2.13. The third-order valence-electron chi connectivity index (χ3n) is 2.99. The molecule has 0 aliphatic carbocycles. The molecule has 0 saturated carbocycles. The molecule has 0 heterocycles. The standard InChI is InChI=1S/C14H18O11/c15-9(16)1-7(2-10(17)18)5-13(23)25-14(24)6-8(3-11(19)20)4-12(21)22/h7-8H,1-6H2,(H,15,16)(H,17,18)(H,19,20)(H,21,22). The minimum atomic E-state index is -1.33. The predicted molar refractivity (Wildman–Crippen MR) is 76.3 cm³/mol. The molecule has 11 heteroatoms. The molecule has 0 radical (unpaired) electrons. The molecule has 0 aromatic rings. The van der Waals surface area contributed by atoms with Crippen LogP contribution in [0.25, 0.3) is 0 Å². The number of carbonyl (C=O) groups excluding carboxylic acids is 2. The third-order valence-corrected chi connectivity index (χ3v) is 2.99. The van der Waals surface area contributed by atoms with Crippen LogP contribution in [0.2, 0.25) is 0 Å². The van der Waals surface area contributed by atoms with E-state index in [1.54, 1.807) is 0 Å². The van der Waals surface area contributed by atoms with Crippen LogP contribution in [-0.2, 0) is 33.5 Å². The van der Waals surface area contributed by atoms with Gasteiger partial charge in [-0.1, -0.05) is 0 Å². The summed E-state index contributed by atoms with van der Waals surface area (Å²) in [5.41, 5.74) is 0. The van der Waals surface area contributed by atoms with Gasteiger partial charge in [0.1, 0.15) is 0 Å². The molecule has 25 heavy (non-hydrogen) atoms. The SMILES string of the molecule is O=C(O)CC(CC(=O)O)CC(=O)OC(=O)CC(CC(=O)O)CC(=O)O. The Morgan fingerprint density at radius 1 is 0.520 bits per heavy atom. The van der Waals surface area contributed by atoms with Crippen LogP contribution in [0.4, 0.5) is 0 Å². The number of rotatable bonds is 12. The fraction of sp³-hybridized carbons (Fsp3) is 0.571. The summed E-state index contributed by atoms with van der Waals surface area (Å²) in [6, 6.07) is 0. The topological polar surface area (TPSA) is 193 Å². The van der Waals surface area contributed by atoms with Gasteiger partial charge in [0.05, 0.1) is 0 Å². The van der Waals surface area contributed by atoms with Gasteiger partial charge in [0, 0.05) is 38.5 Å². The highest BCUT2D eigenvalue weighted by Gasteiger charge is 2.25. The lowest BCUT2D eigenvalue weighted by molar-refractivity contribution is -0.161. The van der Waals surface area contributed by atoms with Gasteiger partial charge in [-0.25, -0.2) is 0 Å². The maximum absolute atomic E-state index is 11.6. The zero-order valence-corrected chi connectivity index (χ0v) is 13.0. The van der Waals surface area contributed by atoms with Crippen molar-refractivity contribution in [3.63, 3.8) is 0 Å². The zero-order valence-electron chi connectivity index (χ0n) is 13.0. The van der Waals surface area contributed by atoms with E-state index in [-0.39, 0.29) is 0 Å². The van der Waals surface area contributed by atoms with Crippen molar-refractivity contribution in [1.82, 2.24) is 0 Å². The lowest BCUT2D eigenvalue weighted by Crippen LogP contribution is -2.22. The Labute approximate surface area is 141 Å². The second kappa shape index (κ2) is 10.7. The Balaban J connectivity index is 4.65. The molecule has 0 unspecified atom stereocenters. The van der Waals surface area contributed by atoms with Crippen molar-refractivity contribution in [2.24, 2.45) is 11.8 Å². The molecule has 11 nitrogen and oxygen atoms in total. The van der Waals surface area contributed by atoms with Crippen LogP contribution >= 0.6 is 0 Å². The first-order chi connectivity index (χ1) is 11.5. The summed E-state index contributed by atoms with van der Waals surface area (Å²) in [7, 11) is 0. The highest BCUT2D eigenvalue weighted by atomic mass is 16.6. The Morgan fingerprint density at radius 2 is 0.760 bits per heavy atom. The Morgan fingerprint density at radius 3 is 0.960 bits per heavy atom. The molecular weight excluding hydrogens is 344 g/mol. The molecule has 0 saturated heterocycles. The first-order valence-corrected chi connectivity index (χ1v) is 7.10. The first-order valence-electron chi connectivity index (χ1n) is 7.10. The van der Waals surface area contributed by atoms with Gasteiger partial charge in [-0.3, -0.25) is 28.8 Å².